The van der Waals surface area contributed by atoms with Crippen LogP contribution >= 0.6 is 0 Å². The van der Waals surface area contributed by atoms with Crippen molar-refractivity contribution in [3.63, 3.8) is 0 Å². The molecule has 0 bridgehead atoms. The summed E-state index contributed by atoms with van der Waals surface area (Å²) in [6.07, 6.45) is 0.239. The van der Waals surface area contributed by atoms with E-state index in [9.17, 15) is 9.90 Å². The largest absolute Gasteiger partial charge is 0.484 e. The van der Waals surface area contributed by atoms with Crippen LogP contribution in [0, 0.1) is 0 Å². The maximum atomic E-state index is 11.7. The molecule has 110 valence electrons. The maximum Gasteiger partial charge on any atom is 0.262 e. The van der Waals surface area contributed by atoms with Gasteiger partial charge >= 0.3 is 0 Å². The number of amides is 1. The van der Waals surface area contributed by atoms with E-state index in [1.165, 1.54) is 0 Å². The Morgan fingerprint density at radius 1 is 1.14 bits per heavy atom. The highest BCUT2D eigenvalue weighted by atomic mass is 16.5. The monoisotopic (exact) mass is 285 g/mol. The minimum Gasteiger partial charge on any atom is -0.484 e. The molecule has 21 heavy (non-hydrogen) atoms. The number of aliphatic hydroxyl groups excluding tert-OH is 1. The van der Waals surface area contributed by atoms with Gasteiger partial charge in [-0.05, 0) is 43.2 Å². The lowest BCUT2D eigenvalue weighted by atomic mass is 10.1. The molecule has 0 spiro atoms. The Hall–Kier alpha value is -2.33. The van der Waals surface area contributed by atoms with E-state index in [0.717, 1.165) is 11.3 Å². The fourth-order valence-electron chi connectivity index (χ4n) is 1.93. The van der Waals surface area contributed by atoms with Gasteiger partial charge in [0.25, 0.3) is 5.91 Å². The van der Waals surface area contributed by atoms with E-state index >= 15 is 0 Å². The highest BCUT2D eigenvalue weighted by Crippen LogP contribution is 2.13. The Bertz CT molecular complexity index is 564. The molecular formula is C17H19NO3. The Kier molecular flexibility index (Phi) is 5.35. The smallest absolute Gasteiger partial charge is 0.262 e. The van der Waals surface area contributed by atoms with Crippen molar-refractivity contribution < 1.29 is 14.6 Å². The summed E-state index contributed by atoms with van der Waals surface area (Å²) in [4.78, 5) is 11.7. The van der Waals surface area contributed by atoms with Gasteiger partial charge in [-0.2, -0.15) is 0 Å². The van der Waals surface area contributed by atoms with Crippen LogP contribution in [0.15, 0.2) is 54.6 Å². The average molecular weight is 285 g/mol. The predicted octanol–water partition coefficient (Wildman–Crippen LogP) is 2.63. The number of carbonyl (C=O) groups excluding carboxylic acids is 1. The number of nitrogens with one attached hydrogen (secondary N) is 1. The normalized spacial score (nSPS) is 11.7. The van der Waals surface area contributed by atoms with Crippen molar-refractivity contribution in [3.05, 3.63) is 60.2 Å². The number of ether oxygens (including phenoxy) is 1. The molecule has 4 heteroatoms. The molecule has 2 aromatic rings. The molecule has 1 unspecified atom stereocenters. The van der Waals surface area contributed by atoms with E-state index in [1.54, 1.807) is 19.1 Å². The Balaban J connectivity index is 1.81. The number of carbonyl (C=O) groups is 1. The van der Waals surface area contributed by atoms with Crippen molar-refractivity contribution in [2.75, 3.05) is 11.9 Å². The molecule has 0 fully saturated rings. The lowest BCUT2D eigenvalue weighted by Gasteiger charge is -2.09. The van der Waals surface area contributed by atoms with Crippen molar-refractivity contribution >= 4 is 11.6 Å². The Morgan fingerprint density at radius 2 is 1.81 bits per heavy atom. The molecule has 0 saturated carbocycles. The summed E-state index contributed by atoms with van der Waals surface area (Å²) in [6.45, 7) is 1.71. The van der Waals surface area contributed by atoms with Crippen molar-refractivity contribution in [1.82, 2.24) is 0 Å². The number of hydrogen-bond donors (Lipinski definition) is 2. The number of rotatable bonds is 6. The number of para-hydroxylation sites is 1. The van der Waals surface area contributed by atoms with Crippen LogP contribution in [0.3, 0.4) is 0 Å². The van der Waals surface area contributed by atoms with E-state index in [2.05, 4.69) is 5.32 Å². The summed E-state index contributed by atoms with van der Waals surface area (Å²) >= 11 is 0. The second-order valence-corrected chi connectivity index (χ2v) is 4.90. The summed E-state index contributed by atoms with van der Waals surface area (Å²) in [7, 11) is 0. The second-order valence-electron chi connectivity index (χ2n) is 4.90. The standard InChI is InChI=1S/C17H19NO3/c1-13(19)11-14-7-9-16(10-8-14)21-12-17(20)18-15-5-3-2-4-6-15/h2-10,13,19H,11-12H2,1H3,(H,18,20). The second kappa shape index (κ2) is 7.45. The van der Waals surface area contributed by atoms with E-state index in [1.807, 2.05) is 42.5 Å². The molecule has 0 aliphatic heterocycles. The highest BCUT2D eigenvalue weighted by molar-refractivity contribution is 5.91. The summed E-state index contributed by atoms with van der Waals surface area (Å²) < 4.78 is 5.43. The van der Waals surface area contributed by atoms with E-state index < -0.39 is 0 Å². The van der Waals surface area contributed by atoms with Crippen molar-refractivity contribution in [2.24, 2.45) is 0 Å². The van der Waals surface area contributed by atoms with Crippen LogP contribution in [-0.4, -0.2) is 23.7 Å². The molecule has 0 heterocycles. The molecule has 0 aliphatic carbocycles. The van der Waals surface area contributed by atoms with Crippen LogP contribution in [0.5, 0.6) is 5.75 Å². The SMILES string of the molecule is CC(O)Cc1ccc(OCC(=O)Nc2ccccc2)cc1. The van der Waals surface area contributed by atoms with Gasteiger partial charge < -0.3 is 15.2 Å². The third kappa shape index (κ3) is 5.28. The first-order valence-corrected chi connectivity index (χ1v) is 6.88. The van der Waals surface area contributed by atoms with E-state index in [0.29, 0.717) is 12.2 Å². The van der Waals surface area contributed by atoms with Gasteiger partial charge in [0, 0.05) is 5.69 Å². The van der Waals surface area contributed by atoms with Gasteiger partial charge in [0.05, 0.1) is 6.10 Å². The highest BCUT2D eigenvalue weighted by Gasteiger charge is 2.04. The third-order valence-electron chi connectivity index (χ3n) is 2.88. The van der Waals surface area contributed by atoms with Crippen molar-refractivity contribution in [1.29, 1.82) is 0 Å². The molecule has 4 nitrogen and oxygen atoms in total. The Labute approximate surface area is 124 Å². The van der Waals surface area contributed by atoms with Crippen LogP contribution in [0.2, 0.25) is 0 Å². The van der Waals surface area contributed by atoms with Gasteiger partial charge in [0.2, 0.25) is 0 Å². The number of aliphatic hydroxyl groups is 1. The van der Waals surface area contributed by atoms with Crippen LogP contribution in [-0.2, 0) is 11.2 Å². The fraction of sp³-hybridized carbons (Fsp3) is 0.235. The minimum atomic E-state index is -0.367. The first kappa shape index (κ1) is 15.1. The summed E-state index contributed by atoms with van der Waals surface area (Å²) in [5.74, 6) is 0.432. The summed E-state index contributed by atoms with van der Waals surface area (Å²) in [6, 6.07) is 16.6. The van der Waals surface area contributed by atoms with Gasteiger partial charge in [0.1, 0.15) is 5.75 Å². The molecular weight excluding hydrogens is 266 g/mol. The first-order chi connectivity index (χ1) is 10.1. The minimum absolute atomic E-state index is 0.0371. The number of benzene rings is 2. The lowest BCUT2D eigenvalue weighted by Crippen LogP contribution is -2.20. The zero-order valence-electron chi connectivity index (χ0n) is 12.0. The van der Waals surface area contributed by atoms with Crippen LogP contribution in [0.1, 0.15) is 12.5 Å². The molecule has 0 aromatic heterocycles. The molecule has 0 radical (unpaired) electrons. The van der Waals surface area contributed by atoms with Gasteiger partial charge in [-0.15, -0.1) is 0 Å². The zero-order valence-corrected chi connectivity index (χ0v) is 12.0. The maximum absolute atomic E-state index is 11.7. The predicted molar refractivity (Wildman–Crippen MR) is 82.4 cm³/mol. The third-order valence-corrected chi connectivity index (χ3v) is 2.88. The van der Waals surface area contributed by atoms with E-state index in [-0.39, 0.29) is 18.6 Å². The van der Waals surface area contributed by atoms with Crippen molar-refractivity contribution in [3.8, 4) is 5.75 Å². The summed E-state index contributed by atoms with van der Waals surface area (Å²) in [5.41, 5.74) is 1.78. The van der Waals surface area contributed by atoms with Gasteiger partial charge in [-0.25, -0.2) is 0 Å². The molecule has 1 atom stereocenters. The molecule has 0 saturated heterocycles. The van der Waals surface area contributed by atoms with Crippen molar-refractivity contribution in [2.45, 2.75) is 19.4 Å². The molecule has 2 rings (SSSR count). The zero-order chi connectivity index (χ0) is 15.1. The summed E-state index contributed by atoms with van der Waals surface area (Å²) in [5, 5.41) is 12.1. The van der Waals surface area contributed by atoms with Gasteiger partial charge in [0.15, 0.2) is 6.61 Å². The number of anilines is 1. The fourth-order valence-corrected chi connectivity index (χ4v) is 1.93. The lowest BCUT2D eigenvalue weighted by molar-refractivity contribution is -0.118. The molecule has 2 N–H and O–H groups in total. The molecule has 2 aromatic carbocycles. The van der Waals surface area contributed by atoms with Crippen LogP contribution in [0.25, 0.3) is 0 Å². The molecule has 0 aliphatic rings. The topological polar surface area (TPSA) is 58.6 Å². The van der Waals surface area contributed by atoms with Gasteiger partial charge in [-0.3, -0.25) is 4.79 Å². The Morgan fingerprint density at radius 3 is 2.43 bits per heavy atom. The van der Waals surface area contributed by atoms with Gasteiger partial charge in [-0.1, -0.05) is 30.3 Å². The first-order valence-electron chi connectivity index (χ1n) is 6.88. The molecule has 1 amide bonds. The van der Waals surface area contributed by atoms with Crippen LogP contribution < -0.4 is 10.1 Å². The number of hydrogen-bond acceptors (Lipinski definition) is 3. The average Bonchev–Trinajstić information content (AvgIpc) is 2.47. The van der Waals surface area contributed by atoms with Crippen LogP contribution in [0.4, 0.5) is 5.69 Å². The quantitative estimate of drug-likeness (QED) is 0.857. The van der Waals surface area contributed by atoms with E-state index in [4.69, 9.17) is 4.74 Å².